The average molecular weight is 345 g/mol. The van der Waals surface area contributed by atoms with Crippen LogP contribution < -0.4 is 4.72 Å². The Bertz CT molecular complexity index is 801. The van der Waals surface area contributed by atoms with Gasteiger partial charge in [0.25, 0.3) is 0 Å². The van der Waals surface area contributed by atoms with Gasteiger partial charge in [-0.2, -0.15) is 0 Å². The lowest BCUT2D eigenvalue weighted by Gasteiger charge is -2.13. The number of thiazole rings is 1. The molecule has 1 aliphatic rings. The molecule has 0 saturated heterocycles. The third kappa shape index (κ3) is 3.12. The largest absolute Gasteiger partial charge is 0.396 e. The minimum atomic E-state index is -3.62. The fourth-order valence-corrected chi connectivity index (χ4v) is 4.55. The van der Waals surface area contributed by atoms with E-state index in [1.165, 1.54) is 17.4 Å². The number of rotatable bonds is 4. The lowest BCUT2D eigenvalue weighted by molar-refractivity contribution is 0.248. The summed E-state index contributed by atoms with van der Waals surface area (Å²) in [6, 6.07) is 4.47. The standard InChI is InChI=1S/C13H13ClN2O3S2/c14-13-15-11-6-10(3-4-12(11)20-13)21(18,19)16-9-2-1-8(5-9)7-17/h1-4,6,8-9,16-17H,5,7H2/t8-,9+/m0/s1. The molecule has 0 amide bonds. The maximum Gasteiger partial charge on any atom is 0.241 e. The molecule has 0 spiro atoms. The van der Waals surface area contributed by atoms with Crippen LogP contribution in [-0.2, 0) is 10.0 Å². The van der Waals surface area contributed by atoms with Crippen LogP contribution in [0.15, 0.2) is 35.2 Å². The quantitative estimate of drug-likeness (QED) is 0.833. The number of aliphatic hydroxyl groups excluding tert-OH is 1. The van der Waals surface area contributed by atoms with E-state index in [1.54, 1.807) is 18.2 Å². The highest BCUT2D eigenvalue weighted by Crippen LogP contribution is 2.28. The van der Waals surface area contributed by atoms with Crippen molar-refractivity contribution in [1.82, 2.24) is 9.71 Å². The van der Waals surface area contributed by atoms with Crippen molar-refractivity contribution in [3.05, 3.63) is 34.8 Å². The zero-order chi connectivity index (χ0) is 15.0. The first-order valence-corrected chi connectivity index (χ1v) is 9.03. The number of sulfonamides is 1. The van der Waals surface area contributed by atoms with Gasteiger partial charge < -0.3 is 5.11 Å². The number of hydrogen-bond donors (Lipinski definition) is 2. The molecule has 1 aliphatic carbocycles. The van der Waals surface area contributed by atoms with Gasteiger partial charge >= 0.3 is 0 Å². The topological polar surface area (TPSA) is 79.3 Å². The van der Waals surface area contributed by atoms with E-state index >= 15 is 0 Å². The molecule has 8 heteroatoms. The molecule has 112 valence electrons. The monoisotopic (exact) mass is 344 g/mol. The van der Waals surface area contributed by atoms with E-state index in [2.05, 4.69) is 9.71 Å². The second-order valence-corrected chi connectivity index (χ2v) is 8.21. The summed E-state index contributed by atoms with van der Waals surface area (Å²) in [6.07, 6.45) is 4.17. The van der Waals surface area contributed by atoms with E-state index in [0.29, 0.717) is 16.4 Å². The Kier molecular flexibility index (Phi) is 4.02. The molecule has 21 heavy (non-hydrogen) atoms. The Balaban J connectivity index is 1.84. The molecule has 2 N–H and O–H groups in total. The molecular weight excluding hydrogens is 332 g/mol. The van der Waals surface area contributed by atoms with Crippen molar-refractivity contribution in [3.8, 4) is 0 Å². The van der Waals surface area contributed by atoms with Crippen molar-refractivity contribution >= 4 is 43.2 Å². The highest BCUT2D eigenvalue weighted by atomic mass is 35.5. The smallest absolute Gasteiger partial charge is 0.241 e. The first-order chi connectivity index (χ1) is 9.98. The van der Waals surface area contributed by atoms with Crippen LogP contribution in [0, 0.1) is 5.92 Å². The number of hydrogen-bond acceptors (Lipinski definition) is 5. The first-order valence-electron chi connectivity index (χ1n) is 6.35. The average Bonchev–Trinajstić information content (AvgIpc) is 3.02. The predicted octanol–water partition coefficient (Wildman–Crippen LogP) is 2.17. The van der Waals surface area contributed by atoms with Crippen LogP contribution in [0.4, 0.5) is 0 Å². The molecule has 3 rings (SSSR count). The van der Waals surface area contributed by atoms with E-state index in [1.807, 2.05) is 6.08 Å². The highest BCUT2D eigenvalue weighted by molar-refractivity contribution is 7.89. The predicted molar refractivity (Wildman–Crippen MR) is 83.1 cm³/mol. The number of aliphatic hydroxyl groups is 1. The molecule has 1 heterocycles. The second-order valence-electron chi connectivity index (χ2n) is 4.89. The maximum atomic E-state index is 12.4. The van der Waals surface area contributed by atoms with Crippen molar-refractivity contribution in [1.29, 1.82) is 0 Å². The van der Waals surface area contributed by atoms with Crippen molar-refractivity contribution < 1.29 is 13.5 Å². The van der Waals surface area contributed by atoms with Crippen LogP contribution in [-0.4, -0.2) is 31.2 Å². The summed E-state index contributed by atoms with van der Waals surface area (Å²) in [5.74, 6) is 0.0116. The van der Waals surface area contributed by atoms with Crippen molar-refractivity contribution in [3.63, 3.8) is 0 Å². The first kappa shape index (κ1) is 14.9. The van der Waals surface area contributed by atoms with Crippen LogP contribution in [0.25, 0.3) is 10.2 Å². The van der Waals surface area contributed by atoms with Gasteiger partial charge in [-0.05, 0) is 24.6 Å². The Hall–Kier alpha value is -0.990. The van der Waals surface area contributed by atoms with E-state index in [9.17, 15) is 8.42 Å². The fraction of sp³-hybridized carbons (Fsp3) is 0.308. The normalized spacial score (nSPS) is 22.2. The summed E-state index contributed by atoms with van der Waals surface area (Å²) >= 11 is 7.14. The third-order valence-corrected chi connectivity index (χ3v) is 5.98. The summed E-state index contributed by atoms with van der Waals surface area (Å²) in [4.78, 5) is 4.25. The Morgan fingerprint density at radius 1 is 1.43 bits per heavy atom. The lowest BCUT2D eigenvalue weighted by Crippen LogP contribution is -2.32. The summed E-state index contributed by atoms with van der Waals surface area (Å²) in [6.45, 7) is 0.0258. The van der Waals surface area contributed by atoms with Crippen LogP contribution in [0.1, 0.15) is 6.42 Å². The number of fused-ring (bicyclic) bond motifs is 1. The molecule has 0 fully saturated rings. The van der Waals surface area contributed by atoms with Gasteiger partial charge in [0.2, 0.25) is 10.0 Å². The van der Waals surface area contributed by atoms with Gasteiger partial charge in [-0.15, -0.1) is 11.3 Å². The molecule has 0 unspecified atom stereocenters. The molecule has 0 radical (unpaired) electrons. The van der Waals surface area contributed by atoms with E-state index in [4.69, 9.17) is 16.7 Å². The highest BCUT2D eigenvalue weighted by Gasteiger charge is 2.24. The van der Waals surface area contributed by atoms with Gasteiger partial charge in [0.05, 0.1) is 15.1 Å². The van der Waals surface area contributed by atoms with Gasteiger partial charge in [0.15, 0.2) is 4.47 Å². The van der Waals surface area contributed by atoms with Crippen molar-refractivity contribution in [2.75, 3.05) is 6.61 Å². The molecule has 0 bridgehead atoms. The van der Waals surface area contributed by atoms with E-state index < -0.39 is 10.0 Å². The van der Waals surface area contributed by atoms with E-state index in [0.717, 1.165) is 4.70 Å². The zero-order valence-corrected chi connectivity index (χ0v) is 13.2. The maximum absolute atomic E-state index is 12.4. The third-order valence-electron chi connectivity index (χ3n) is 3.36. The van der Waals surface area contributed by atoms with Gasteiger partial charge in [0.1, 0.15) is 0 Å². The number of halogens is 1. The van der Waals surface area contributed by atoms with E-state index in [-0.39, 0.29) is 23.5 Å². The number of nitrogens with zero attached hydrogens (tertiary/aromatic N) is 1. The van der Waals surface area contributed by atoms with Gasteiger partial charge in [-0.1, -0.05) is 23.8 Å². The molecule has 0 saturated carbocycles. The van der Waals surface area contributed by atoms with Crippen LogP contribution in [0.2, 0.25) is 4.47 Å². The van der Waals surface area contributed by atoms with Crippen LogP contribution >= 0.6 is 22.9 Å². The Morgan fingerprint density at radius 3 is 2.95 bits per heavy atom. The van der Waals surface area contributed by atoms with Gasteiger partial charge in [-0.25, -0.2) is 18.1 Å². The molecular formula is C13H13ClN2O3S2. The van der Waals surface area contributed by atoms with Crippen molar-refractivity contribution in [2.45, 2.75) is 17.4 Å². The SMILES string of the molecule is O=S(=O)(N[C@@H]1C=C[C@H](CO)C1)c1ccc2sc(Cl)nc2c1. The van der Waals surface area contributed by atoms with Gasteiger partial charge in [-0.3, -0.25) is 0 Å². The second kappa shape index (κ2) is 5.66. The van der Waals surface area contributed by atoms with Crippen LogP contribution in [0.5, 0.6) is 0 Å². The minimum absolute atomic E-state index is 0.0116. The zero-order valence-electron chi connectivity index (χ0n) is 10.9. The lowest BCUT2D eigenvalue weighted by atomic mass is 10.1. The number of aromatic nitrogens is 1. The summed E-state index contributed by atoms with van der Waals surface area (Å²) in [5, 5.41) is 9.07. The summed E-state index contributed by atoms with van der Waals surface area (Å²) in [7, 11) is -3.62. The Morgan fingerprint density at radius 2 is 2.24 bits per heavy atom. The van der Waals surface area contributed by atoms with Crippen LogP contribution in [0.3, 0.4) is 0 Å². The molecule has 2 aromatic rings. The van der Waals surface area contributed by atoms with Gasteiger partial charge in [0, 0.05) is 18.6 Å². The molecule has 0 aliphatic heterocycles. The molecule has 5 nitrogen and oxygen atoms in total. The summed E-state index contributed by atoms with van der Waals surface area (Å²) < 4.78 is 28.6. The Labute approximate surface area is 131 Å². The fourth-order valence-electron chi connectivity index (χ4n) is 2.31. The summed E-state index contributed by atoms with van der Waals surface area (Å²) in [5.41, 5.74) is 0.572. The molecule has 2 atom stereocenters. The van der Waals surface area contributed by atoms with Crippen molar-refractivity contribution in [2.24, 2.45) is 5.92 Å². The number of nitrogens with one attached hydrogen (secondary N) is 1. The molecule has 1 aromatic carbocycles. The minimum Gasteiger partial charge on any atom is -0.396 e. The number of benzene rings is 1. The molecule has 1 aromatic heterocycles.